The molecule has 0 amide bonds. The largest absolute Gasteiger partial charge is 0.320 e. The zero-order valence-electron chi connectivity index (χ0n) is 12.5. The first-order chi connectivity index (χ1) is 11.7. The van der Waals surface area contributed by atoms with Crippen LogP contribution < -0.4 is 5.56 Å². The molecule has 0 aliphatic heterocycles. The second-order valence-corrected chi connectivity index (χ2v) is 5.74. The van der Waals surface area contributed by atoms with Crippen LogP contribution in [0.3, 0.4) is 0 Å². The van der Waals surface area contributed by atoms with E-state index in [9.17, 15) is 4.79 Å². The van der Waals surface area contributed by atoms with Gasteiger partial charge in [-0.1, -0.05) is 29.8 Å². The number of fused-ring (bicyclic) bond motifs is 1. The van der Waals surface area contributed by atoms with E-state index in [0.717, 1.165) is 5.56 Å². The van der Waals surface area contributed by atoms with Crippen molar-refractivity contribution >= 4 is 22.8 Å². The van der Waals surface area contributed by atoms with Gasteiger partial charge in [-0.05, 0) is 29.8 Å². The molecular formula is C17H12ClN5O. The molecule has 3 aromatic heterocycles. The van der Waals surface area contributed by atoms with Crippen LogP contribution in [-0.2, 0) is 6.54 Å². The molecule has 0 radical (unpaired) electrons. The summed E-state index contributed by atoms with van der Waals surface area (Å²) in [4.78, 5) is 28.1. The maximum Gasteiger partial charge on any atom is 0.277 e. The lowest BCUT2D eigenvalue weighted by atomic mass is 10.2. The van der Waals surface area contributed by atoms with Gasteiger partial charge in [-0.2, -0.15) is 0 Å². The highest BCUT2D eigenvalue weighted by molar-refractivity contribution is 6.30. The van der Waals surface area contributed by atoms with E-state index in [2.05, 4.69) is 19.9 Å². The molecule has 0 saturated carbocycles. The van der Waals surface area contributed by atoms with Crippen LogP contribution in [0.4, 0.5) is 0 Å². The van der Waals surface area contributed by atoms with E-state index < -0.39 is 0 Å². The van der Waals surface area contributed by atoms with Gasteiger partial charge in [0, 0.05) is 17.8 Å². The number of nitrogens with zero attached hydrogens (tertiary/aromatic N) is 4. The van der Waals surface area contributed by atoms with Crippen LogP contribution >= 0.6 is 11.6 Å². The molecule has 0 fully saturated rings. The summed E-state index contributed by atoms with van der Waals surface area (Å²) in [7, 11) is 0. The number of imidazole rings is 1. The number of benzene rings is 1. The number of aromatic amines is 1. The molecule has 4 rings (SSSR count). The third-order valence-corrected chi connectivity index (χ3v) is 3.87. The van der Waals surface area contributed by atoms with Crippen LogP contribution in [0.15, 0.2) is 59.8 Å². The summed E-state index contributed by atoms with van der Waals surface area (Å²) in [6, 6.07) is 12.9. The van der Waals surface area contributed by atoms with Crippen molar-refractivity contribution in [1.29, 1.82) is 0 Å². The molecule has 0 bridgehead atoms. The molecule has 3 heterocycles. The molecule has 0 unspecified atom stereocenters. The number of aromatic nitrogens is 5. The topological polar surface area (TPSA) is 76.5 Å². The van der Waals surface area contributed by atoms with Crippen LogP contribution in [0.1, 0.15) is 5.56 Å². The first-order valence-corrected chi connectivity index (χ1v) is 7.69. The van der Waals surface area contributed by atoms with Gasteiger partial charge in [-0.15, -0.1) is 0 Å². The summed E-state index contributed by atoms with van der Waals surface area (Å²) in [6.45, 7) is 0.491. The Morgan fingerprint density at radius 3 is 2.83 bits per heavy atom. The minimum Gasteiger partial charge on any atom is -0.320 e. The minimum absolute atomic E-state index is 0.250. The fraction of sp³-hybridized carbons (Fsp3) is 0.0588. The lowest BCUT2D eigenvalue weighted by molar-refractivity contribution is 0.819. The maximum absolute atomic E-state index is 12.5. The predicted molar refractivity (Wildman–Crippen MR) is 91.9 cm³/mol. The van der Waals surface area contributed by atoms with Gasteiger partial charge in [0.05, 0.1) is 6.33 Å². The van der Waals surface area contributed by atoms with Gasteiger partial charge in [-0.25, -0.2) is 9.97 Å². The summed E-state index contributed by atoms with van der Waals surface area (Å²) in [6.07, 6.45) is 3.26. The van der Waals surface area contributed by atoms with Gasteiger partial charge in [0.2, 0.25) is 0 Å². The Labute approximate surface area is 141 Å². The second-order valence-electron chi connectivity index (χ2n) is 5.30. The Kier molecular flexibility index (Phi) is 3.59. The monoisotopic (exact) mass is 337 g/mol. The Hall–Kier alpha value is -2.99. The van der Waals surface area contributed by atoms with Gasteiger partial charge >= 0.3 is 0 Å². The van der Waals surface area contributed by atoms with Crippen LogP contribution in [0.5, 0.6) is 0 Å². The summed E-state index contributed by atoms with van der Waals surface area (Å²) in [5.74, 6) is 0.404. The highest BCUT2D eigenvalue weighted by Crippen LogP contribution is 2.16. The van der Waals surface area contributed by atoms with Gasteiger partial charge in [-0.3, -0.25) is 9.78 Å². The lowest BCUT2D eigenvalue weighted by Gasteiger charge is -2.05. The van der Waals surface area contributed by atoms with E-state index in [0.29, 0.717) is 34.2 Å². The van der Waals surface area contributed by atoms with Crippen LogP contribution in [0.2, 0.25) is 5.02 Å². The summed E-state index contributed by atoms with van der Waals surface area (Å²) in [5.41, 5.74) is 2.15. The highest BCUT2D eigenvalue weighted by Gasteiger charge is 2.12. The number of halogens is 1. The molecule has 6 nitrogen and oxygen atoms in total. The smallest absolute Gasteiger partial charge is 0.277 e. The predicted octanol–water partition coefficient (Wildman–Crippen LogP) is 2.88. The molecular weight excluding hydrogens is 326 g/mol. The number of pyridine rings is 1. The fourth-order valence-corrected chi connectivity index (χ4v) is 2.78. The maximum atomic E-state index is 12.5. The van der Waals surface area contributed by atoms with Gasteiger partial charge in [0.25, 0.3) is 5.56 Å². The van der Waals surface area contributed by atoms with Crippen molar-refractivity contribution in [3.05, 3.63) is 75.9 Å². The zero-order valence-corrected chi connectivity index (χ0v) is 13.2. The highest BCUT2D eigenvalue weighted by atomic mass is 35.5. The van der Waals surface area contributed by atoms with E-state index in [1.54, 1.807) is 29.2 Å². The van der Waals surface area contributed by atoms with Gasteiger partial charge < -0.3 is 9.55 Å². The molecule has 7 heteroatoms. The molecule has 118 valence electrons. The molecule has 0 saturated heterocycles. The van der Waals surface area contributed by atoms with Crippen LogP contribution in [-0.4, -0.2) is 24.5 Å². The van der Waals surface area contributed by atoms with Crippen LogP contribution in [0, 0.1) is 0 Å². The normalized spacial score (nSPS) is 11.0. The number of hydrogen-bond acceptors (Lipinski definition) is 4. The first kappa shape index (κ1) is 14.6. The molecule has 0 spiro atoms. The Bertz CT molecular complexity index is 1070. The Morgan fingerprint density at radius 1 is 1.12 bits per heavy atom. The standard InChI is InChI=1S/C17H12ClN5O/c18-12-5-3-4-11(8-12)9-23-10-20-16-14(23)17(24)22-15(21-16)13-6-1-2-7-19-13/h1-8,10H,9H2,(H,21,22,24). The van der Waals surface area contributed by atoms with E-state index in [1.807, 2.05) is 30.3 Å². The summed E-state index contributed by atoms with van der Waals surface area (Å²) >= 11 is 6.01. The van der Waals surface area contributed by atoms with Crippen molar-refractivity contribution in [2.24, 2.45) is 0 Å². The molecule has 0 aliphatic rings. The van der Waals surface area contributed by atoms with Crippen molar-refractivity contribution in [1.82, 2.24) is 24.5 Å². The number of hydrogen-bond donors (Lipinski definition) is 1. The minimum atomic E-state index is -0.250. The third kappa shape index (κ3) is 2.68. The Balaban J connectivity index is 1.79. The van der Waals surface area contributed by atoms with Crippen molar-refractivity contribution < 1.29 is 0 Å². The lowest BCUT2D eigenvalue weighted by Crippen LogP contribution is -2.14. The van der Waals surface area contributed by atoms with Gasteiger partial charge in [0.1, 0.15) is 5.69 Å². The molecule has 0 aliphatic carbocycles. The number of rotatable bonds is 3. The summed E-state index contributed by atoms with van der Waals surface area (Å²) in [5, 5.41) is 0.654. The van der Waals surface area contributed by atoms with Gasteiger partial charge in [0.15, 0.2) is 17.0 Å². The fourth-order valence-electron chi connectivity index (χ4n) is 2.56. The average Bonchev–Trinajstić information content (AvgIpc) is 2.99. The van der Waals surface area contributed by atoms with E-state index in [4.69, 9.17) is 11.6 Å². The molecule has 24 heavy (non-hydrogen) atoms. The average molecular weight is 338 g/mol. The number of H-pyrrole nitrogens is 1. The van der Waals surface area contributed by atoms with Crippen molar-refractivity contribution in [3.63, 3.8) is 0 Å². The zero-order chi connectivity index (χ0) is 16.5. The third-order valence-electron chi connectivity index (χ3n) is 3.63. The molecule has 1 N–H and O–H groups in total. The molecule has 0 atom stereocenters. The van der Waals surface area contributed by atoms with E-state index in [1.165, 1.54) is 0 Å². The van der Waals surface area contributed by atoms with Crippen molar-refractivity contribution in [2.45, 2.75) is 6.54 Å². The second kappa shape index (κ2) is 5.90. The van der Waals surface area contributed by atoms with Crippen molar-refractivity contribution in [2.75, 3.05) is 0 Å². The van der Waals surface area contributed by atoms with Crippen LogP contribution in [0.25, 0.3) is 22.7 Å². The van der Waals surface area contributed by atoms with Crippen molar-refractivity contribution in [3.8, 4) is 11.5 Å². The Morgan fingerprint density at radius 2 is 2.04 bits per heavy atom. The quantitative estimate of drug-likeness (QED) is 0.623. The number of nitrogens with one attached hydrogen (secondary N) is 1. The van der Waals surface area contributed by atoms with E-state index in [-0.39, 0.29) is 5.56 Å². The summed E-state index contributed by atoms with van der Waals surface area (Å²) < 4.78 is 1.76. The first-order valence-electron chi connectivity index (χ1n) is 7.32. The molecule has 1 aromatic carbocycles. The molecule has 4 aromatic rings. The van der Waals surface area contributed by atoms with E-state index >= 15 is 0 Å². The SMILES string of the molecule is O=c1[nH]c(-c2ccccn2)nc2ncn(Cc3cccc(Cl)c3)c12.